The highest BCUT2D eigenvalue weighted by Crippen LogP contribution is 2.20. The number of amides is 1. The van der Waals surface area contributed by atoms with E-state index in [-0.39, 0.29) is 0 Å². The molecule has 0 bridgehead atoms. The van der Waals surface area contributed by atoms with Gasteiger partial charge >= 0.3 is 6.09 Å². The Balaban J connectivity index is 2.22. The van der Waals surface area contributed by atoms with Gasteiger partial charge in [0.15, 0.2) is 0 Å². The minimum Gasteiger partial charge on any atom is -0.449 e. The molecule has 2 rings (SSSR count). The first-order chi connectivity index (χ1) is 9.60. The quantitative estimate of drug-likeness (QED) is 0.536. The number of carbonyl (C=O) groups is 1. The summed E-state index contributed by atoms with van der Waals surface area (Å²) < 4.78 is 4.68. The van der Waals surface area contributed by atoms with Crippen LogP contribution in [0.15, 0.2) is 29.4 Å². The van der Waals surface area contributed by atoms with Gasteiger partial charge in [-0.3, -0.25) is 0 Å². The SMILES string of the molecule is CCOC(=O)N/N=C\c1cc2ccc(C)cc2nc1Cl. The number of nitrogens with one attached hydrogen (secondary N) is 1. The van der Waals surface area contributed by atoms with Crippen molar-refractivity contribution in [2.24, 2.45) is 5.10 Å². The Labute approximate surface area is 121 Å². The van der Waals surface area contributed by atoms with Crippen LogP contribution in [0.5, 0.6) is 0 Å². The van der Waals surface area contributed by atoms with Crippen LogP contribution in [0.25, 0.3) is 10.9 Å². The van der Waals surface area contributed by atoms with Crippen molar-refractivity contribution in [3.63, 3.8) is 0 Å². The van der Waals surface area contributed by atoms with Gasteiger partial charge in [-0.15, -0.1) is 0 Å². The van der Waals surface area contributed by atoms with Crippen molar-refractivity contribution in [1.82, 2.24) is 10.4 Å². The molecule has 20 heavy (non-hydrogen) atoms. The predicted molar refractivity (Wildman–Crippen MR) is 79.2 cm³/mol. The lowest BCUT2D eigenvalue weighted by Gasteiger charge is -2.03. The molecule has 0 atom stereocenters. The molecule has 0 saturated heterocycles. The van der Waals surface area contributed by atoms with Gasteiger partial charge in [0.05, 0.1) is 18.3 Å². The third-order valence-corrected chi connectivity index (χ3v) is 2.89. The van der Waals surface area contributed by atoms with Gasteiger partial charge in [-0.1, -0.05) is 23.7 Å². The Morgan fingerprint density at radius 2 is 2.30 bits per heavy atom. The van der Waals surface area contributed by atoms with Crippen LogP contribution in [0.3, 0.4) is 0 Å². The van der Waals surface area contributed by atoms with Crippen LogP contribution < -0.4 is 5.43 Å². The van der Waals surface area contributed by atoms with E-state index in [2.05, 4.69) is 20.2 Å². The van der Waals surface area contributed by atoms with Gasteiger partial charge < -0.3 is 4.74 Å². The third-order valence-electron chi connectivity index (χ3n) is 2.59. The maximum absolute atomic E-state index is 11.1. The number of aromatic nitrogens is 1. The number of halogens is 1. The topological polar surface area (TPSA) is 63.6 Å². The molecule has 0 aliphatic heterocycles. The van der Waals surface area contributed by atoms with Crippen molar-refractivity contribution in [2.75, 3.05) is 6.61 Å². The first-order valence-corrected chi connectivity index (χ1v) is 6.50. The Morgan fingerprint density at radius 1 is 1.50 bits per heavy atom. The number of pyridine rings is 1. The van der Waals surface area contributed by atoms with E-state index < -0.39 is 6.09 Å². The Kier molecular flexibility index (Phi) is 4.53. The van der Waals surface area contributed by atoms with Gasteiger partial charge in [0, 0.05) is 10.9 Å². The lowest BCUT2D eigenvalue weighted by molar-refractivity contribution is 0.152. The van der Waals surface area contributed by atoms with E-state index in [1.165, 1.54) is 6.21 Å². The molecule has 0 fully saturated rings. The van der Waals surface area contributed by atoms with E-state index >= 15 is 0 Å². The summed E-state index contributed by atoms with van der Waals surface area (Å²) in [4.78, 5) is 15.4. The Bertz CT molecular complexity index is 671. The molecule has 0 radical (unpaired) electrons. The average Bonchev–Trinajstić information content (AvgIpc) is 2.40. The maximum Gasteiger partial charge on any atom is 0.427 e. The van der Waals surface area contributed by atoms with E-state index in [1.807, 2.05) is 31.2 Å². The van der Waals surface area contributed by atoms with Crippen LogP contribution in [0, 0.1) is 6.92 Å². The summed E-state index contributed by atoms with van der Waals surface area (Å²) in [6.07, 6.45) is 0.829. The van der Waals surface area contributed by atoms with Crippen molar-refractivity contribution in [3.05, 3.63) is 40.5 Å². The number of aryl methyl sites for hydroxylation is 1. The highest BCUT2D eigenvalue weighted by Gasteiger charge is 2.04. The second-order valence-corrected chi connectivity index (χ2v) is 4.51. The number of carbonyl (C=O) groups excluding carboxylic acids is 1. The zero-order valence-corrected chi connectivity index (χ0v) is 11.9. The van der Waals surface area contributed by atoms with Crippen LogP contribution in [-0.2, 0) is 4.74 Å². The van der Waals surface area contributed by atoms with Gasteiger partial charge in [0.2, 0.25) is 0 Å². The molecule has 0 aliphatic carbocycles. The van der Waals surface area contributed by atoms with E-state index in [1.54, 1.807) is 6.92 Å². The first kappa shape index (κ1) is 14.3. The molecule has 104 valence electrons. The zero-order valence-electron chi connectivity index (χ0n) is 11.2. The summed E-state index contributed by atoms with van der Waals surface area (Å²) in [5.74, 6) is 0. The van der Waals surface area contributed by atoms with Crippen molar-refractivity contribution in [1.29, 1.82) is 0 Å². The van der Waals surface area contributed by atoms with Crippen molar-refractivity contribution in [3.8, 4) is 0 Å². The predicted octanol–water partition coefficient (Wildman–Crippen LogP) is 3.28. The van der Waals surface area contributed by atoms with Gasteiger partial charge in [-0.2, -0.15) is 5.10 Å². The molecule has 1 amide bonds. The fourth-order valence-electron chi connectivity index (χ4n) is 1.68. The van der Waals surface area contributed by atoms with E-state index in [0.29, 0.717) is 17.3 Å². The fraction of sp³-hybridized carbons (Fsp3) is 0.214. The summed E-state index contributed by atoms with van der Waals surface area (Å²) in [7, 11) is 0. The summed E-state index contributed by atoms with van der Waals surface area (Å²) in [5.41, 5.74) is 4.80. The van der Waals surface area contributed by atoms with E-state index in [4.69, 9.17) is 11.6 Å². The minimum absolute atomic E-state index is 0.291. The molecule has 5 nitrogen and oxygen atoms in total. The number of fused-ring (bicyclic) bond motifs is 1. The average molecular weight is 292 g/mol. The van der Waals surface area contributed by atoms with Gasteiger partial charge in [-0.05, 0) is 31.5 Å². The lowest BCUT2D eigenvalue weighted by atomic mass is 10.1. The number of ether oxygens (including phenoxy) is 1. The van der Waals surface area contributed by atoms with Gasteiger partial charge in [0.1, 0.15) is 5.15 Å². The molecule has 1 aromatic carbocycles. The molecule has 0 aliphatic rings. The Hall–Kier alpha value is -2.14. The van der Waals surface area contributed by atoms with Crippen molar-refractivity contribution < 1.29 is 9.53 Å². The number of benzene rings is 1. The smallest absolute Gasteiger partial charge is 0.427 e. The van der Waals surface area contributed by atoms with Crippen LogP contribution in [0.1, 0.15) is 18.1 Å². The molecule has 1 aromatic heterocycles. The van der Waals surface area contributed by atoms with Crippen LogP contribution in [0.4, 0.5) is 4.79 Å². The molecular formula is C14H14ClN3O2. The van der Waals surface area contributed by atoms with Crippen LogP contribution >= 0.6 is 11.6 Å². The number of hydrogen-bond acceptors (Lipinski definition) is 4. The molecule has 0 spiro atoms. The summed E-state index contributed by atoms with van der Waals surface area (Å²) in [5, 5.41) is 5.06. The van der Waals surface area contributed by atoms with Crippen LogP contribution in [-0.4, -0.2) is 23.9 Å². The number of rotatable bonds is 3. The summed E-state index contributed by atoms with van der Waals surface area (Å²) in [6.45, 7) is 4.00. The van der Waals surface area contributed by atoms with E-state index in [9.17, 15) is 4.79 Å². The van der Waals surface area contributed by atoms with Crippen LogP contribution in [0.2, 0.25) is 5.15 Å². The number of hydrazone groups is 1. The highest BCUT2D eigenvalue weighted by atomic mass is 35.5. The molecule has 0 saturated carbocycles. The largest absolute Gasteiger partial charge is 0.449 e. The first-order valence-electron chi connectivity index (χ1n) is 6.13. The highest BCUT2D eigenvalue weighted by molar-refractivity contribution is 6.32. The summed E-state index contributed by atoms with van der Waals surface area (Å²) >= 11 is 6.09. The second kappa shape index (κ2) is 6.34. The second-order valence-electron chi connectivity index (χ2n) is 4.16. The fourth-order valence-corrected chi connectivity index (χ4v) is 1.87. The zero-order chi connectivity index (χ0) is 14.5. The molecule has 6 heteroatoms. The molecule has 2 aromatic rings. The Morgan fingerprint density at radius 3 is 3.05 bits per heavy atom. The van der Waals surface area contributed by atoms with Gasteiger partial charge in [0.25, 0.3) is 0 Å². The van der Waals surface area contributed by atoms with Crippen molar-refractivity contribution >= 4 is 34.8 Å². The number of nitrogens with zero attached hydrogens (tertiary/aromatic N) is 2. The van der Waals surface area contributed by atoms with Crippen molar-refractivity contribution in [2.45, 2.75) is 13.8 Å². The standard InChI is InChI=1S/C14H14ClN3O2/c1-3-20-14(19)18-16-8-11-7-10-5-4-9(2)6-12(10)17-13(11)15/h4-8H,3H2,1-2H3,(H,18,19)/b16-8-. The monoisotopic (exact) mass is 291 g/mol. The molecule has 1 N–H and O–H groups in total. The maximum atomic E-state index is 11.1. The molecule has 1 heterocycles. The normalized spacial score (nSPS) is 10.9. The number of hydrogen-bond donors (Lipinski definition) is 1. The van der Waals surface area contributed by atoms with Gasteiger partial charge in [-0.25, -0.2) is 15.2 Å². The molecule has 0 unspecified atom stereocenters. The third kappa shape index (κ3) is 3.45. The minimum atomic E-state index is -0.607. The molecular weight excluding hydrogens is 278 g/mol. The summed E-state index contributed by atoms with van der Waals surface area (Å²) in [6, 6.07) is 7.78. The lowest BCUT2D eigenvalue weighted by Crippen LogP contribution is -2.18. The van der Waals surface area contributed by atoms with E-state index in [0.717, 1.165) is 16.5 Å².